The van der Waals surface area contributed by atoms with Gasteiger partial charge in [0.05, 0.1) is 0 Å². The predicted molar refractivity (Wildman–Crippen MR) is 111 cm³/mol. The summed E-state index contributed by atoms with van der Waals surface area (Å²) in [6.45, 7) is 16.6. The third-order valence-corrected chi connectivity index (χ3v) is 5.46. The van der Waals surface area contributed by atoms with Crippen LogP contribution >= 0.6 is 0 Å². The van der Waals surface area contributed by atoms with E-state index in [2.05, 4.69) is 77.4 Å². The normalized spacial score (nSPS) is 18.2. The van der Waals surface area contributed by atoms with Crippen LogP contribution in [0.3, 0.4) is 0 Å². The molecule has 1 aliphatic rings. The van der Waals surface area contributed by atoms with Crippen LogP contribution in [0.2, 0.25) is 0 Å². The molecule has 0 aromatic heterocycles. The quantitative estimate of drug-likeness (QED) is 0.580. The van der Waals surface area contributed by atoms with Crippen LogP contribution < -0.4 is 10.6 Å². The van der Waals surface area contributed by atoms with Crippen molar-refractivity contribution in [2.24, 2.45) is 10.9 Å². The second-order valence-corrected chi connectivity index (χ2v) is 7.58. The Labute approximate surface area is 159 Å². The number of nitrogens with one attached hydrogen (secondary N) is 2. The van der Waals surface area contributed by atoms with E-state index in [9.17, 15) is 0 Å². The molecule has 1 fully saturated rings. The molecule has 0 aliphatic carbocycles. The van der Waals surface area contributed by atoms with Gasteiger partial charge in [0, 0.05) is 52.4 Å². The molecule has 5 heteroatoms. The summed E-state index contributed by atoms with van der Waals surface area (Å²) in [6, 6.07) is 9.16. The van der Waals surface area contributed by atoms with Crippen LogP contribution in [-0.2, 0) is 13.1 Å². The highest BCUT2D eigenvalue weighted by molar-refractivity contribution is 5.79. The maximum absolute atomic E-state index is 4.37. The van der Waals surface area contributed by atoms with E-state index in [1.54, 1.807) is 0 Å². The zero-order valence-corrected chi connectivity index (χ0v) is 17.3. The van der Waals surface area contributed by atoms with Gasteiger partial charge in [-0.25, -0.2) is 0 Å². The monoisotopic (exact) mass is 359 g/mol. The first kappa shape index (κ1) is 20.7. The summed E-state index contributed by atoms with van der Waals surface area (Å²) in [7, 11) is 1.83. The lowest BCUT2D eigenvalue weighted by molar-refractivity contribution is 0.131. The number of guanidine groups is 1. The molecule has 0 amide bonds. The van der Waals surface area contributed by atoms with Gasteiger partial charge in [-0.2, -0.15) is 0 Å². The smallest absolute Gasteiger partial charge is 0.191 e. The minimum atomic E-state index is 0.395. The minimum Gasteiger partial charge on any atom is -0.354 e. The van der Waals surface area contributed by atoms with E-state index in [0.29, 0.717) is 12.0 Å². The number of hydrogen-bond acceptors (Lipinski definition) is 3. The van der Waals surface area contributed by atoms with Gasteiger partial charge < -0.3 is 15.5 Å². The Bertz CT molecular complexity index is 561. The van der Waals surface area contributed by atoms with E-state index in [4.69, 9.17) is 0 Å². The Morgan fingerprint density at radius 1 is 1.04 bits per heavy atom. The molecule has 1 aliphatic heterocycles. The average Bonchev–Trinajstić information content (AvgIpc) is 2.66. The highest BCUT2D eigenvalue weighted by Crippen LogP contribution is 2.13. The first-order valence-corrected chi connectivity index (χ1v) is 10.0. The van der Waals surface area contributed by atoms with Gasteiger partial charge in [-0.15, -0.1) is 0 Å². The van der Waals surface area contributed by atoms with Crippen LogP contribution in [0.5, 0.6) is 0 Å². The molecule has 0 saturated carbocycles. The largest absolute Gasteiger partial charge is 0.354 e. The standard InChI is InChI=1S/C21H37N5/c1-6-25-11-13-26(14-12-25)16-20-10-8-7-9-19(20)15-23-21(22-5)24-18(4)17(2)3/h7-10,17-18H,6,11-16H2,1-5H3,(H2,22,23,24). The van der Waals surface area contributed by atoms with Gasteiger partial charge in [0.15, 0.2) is 5.96 Å². The summed E-state index contributed by atoms with van der Waals surface area (Å²) < 4.78 is 0. The van der Waals surface area contributed by atoms with Gasteiger partial charge in [0.1, 0.15) is 0 Å². The molecule has 1 unspecified atom stereocenters. The third kappa shape index (κ3) is 6.29. The Morgan fingerprint density at radius 3 is 2.23 bits per heavy atom. The van der Waals surface area contributed by atoms with Crippen molar-refractivity contribution in [3.8, 4) is 0 Å². The van der Waals surface area contributed by atoms with E-state index >= 15 is 0 Å². The summed E-state index contributed by atoms with van der Waals surface area (Å²) >= 11 is 0. The van der Waals surface area contributed by atoms with Crippen LogP contribution in [0, 0.1) is 5.92 Å². The van der Waals surface area contributed by atoms with Crippen molar-refractivity contribution in [2.75, 3.05) is 39.8 Å². The molecular weight excluding hydrogens is 322 g/mol. The van der Waals surface area contributed by atoms with Crippen LogP contribution in [-0.4, -0.2) is 61.6 Å². The van der Waals surface area contributed by atoms with Gasteiger partial charge in [0.25, 0.3) is 0 Å². The highest BCUT2D eigenvalue weighted by atomic mass is 15.3. The van der Waals surface area contributed by atoms with Crippen molar-refractivity contribution in [1.29, 1.82) is 0 Å². The number of nitrogens with zero attached hydrogens (tertiary/aromatic N) is 3. The van der Waals surface area contributed by atoms with E-state index in [-0.39, 0.29) is 0 Å². The van der Waals surface area contributed by atoms with Gasteiger partial charge >= 0.3 is 0 Å². The summed E-state index contributed by atoms with van der Waals surface area (Å²) in [6.07, 6.45) is 0. The van der Waals surface area contributed by atoms with Crippen LogP contribution in [0.25, 0.3) is 0 Å². The predicted octanol–water partition coefficient (Wildman–Crippen LogP) is 2.53. The van der Waals surface area contributed by atoms with Crippen molar-refractivity contribution in [3.05, 3.63) is 35.4 Å². The SMILES string of the molecule is CCN1CCN(Cc2ccccc2CNC(=NC)NC(C)C(C)C)CC1. The van der Waals surface area contributed by atoms with Gasteiger partial charge in [-0.3, -0.25) is 9.89 Å². The number of aliphatic imine (C=N–C) groups is 1. The lowest BCUT2D eigenvalue weighted by Gasteiger charge is -2.34. The van der Waals surface area contributed by atoms with E-state index in [1.807, 2.05) is 7.05 Å². The molecule has 26 heavy (non-hydrogen) atoms. The third-order valence-electron chi connectivity index (χ3n) is 5.46. The summed E-state index contributed by atoms with van der Waals surface area (Å²) in [4.78, 5) is 9.46. The number of benzene rings is 1. The van der Waals surface area contributed by atoms with Crippen molar-refractivity contribution < 1.29 is 0 Å². The maximum Gasteiger partial charge on any atom is 0.191 e. The molecule has 1 heterocycles. The molecular formula is C21H37N5. The van der Waals surface area contributed by atoms with Crippen molar-refractivity contribution in [3.63, 3.8) is 0 Å². The second-order valence-electron chi connectivity index (χ2n) is 7.58. The Balaban J connectivity index is 1.92. The molecule has 1 atom stereocenters. The average molecular weight is 360 g/mol. The zero-order valence-electron chi connectivity index (χ0n) is 17.3. The lowest BCUT2D eigenvalue weighted by Crippen LogP contribution is -2.46. The zero-order chi connectivity index (χ0) is 18.9. The molecule has 5 nitrogen and oxygen atoms in total. The van der Waals surface area contributed by atoms with Crippen molar-refractivity contribution >= 4 is 5.96 Å². The van der Waals surface area contributed by atoms with Crippen LogP contribution in [0.4, 0.5) is 0 Å². The first-order valence-electron chi connectivity index (χ1n) is 10.0. The summed E-state index contributed by atoms with van der Waals surface area (Å²) in [5, 5.41) is 6.95. The fraction of sp³-hybridized carbons (Fsp3) is 0.667. The Kier molecular flexibility index (Phi) is 8.39. The molecule has 146 valence electrons. The first-order chi connectivity index (χ1) is 12.5. The molecule has 0 spiro atoms. The molecule has 2 rings (SSSR count). The van der Waals surface area contributed by atoms with Gasteiger partial charge in [-0.05, 0) is 30.5 Å². The van der Waals surface area contributed by atoms with Gasteiger partial charge in [-0.1, -0.05) is 45.0 Å². The number of likely N-dealkylation sites (N-methyl/N-ethyl adjacent to an activating group) is 1. The van der Waals surface area contributed by atoms with E-state index in [0.717, 1.165) is 38.7 Å². The lowest BCUT2D eigenvalue weighted by atomic mass is 10.1. The fourth-order valence-electron chi connectivity index (χ4n) is 3.14. The summed E-state index contributed by atoms with van der Waals surface area (Å²) in [5.41, 5.74) is 2.77. The van der Waals surface area contributed by atoms with E-state index in [1.165, 1.54) is 24.2 Å². The Hall–Kier alpha value is -1.59. The number of piperazine rings is 1. The summed E-state index contributed by atoms with van der Waals surface area (Å²) in [5.74, 6) is 1.44. The number of hydrogen-bond donors (Lipinski definition) is 2. The fourth-order valence-corrected chi connectivity index (χ4v) is 3.14. The second kappa shape index (κ2) is 10.5. The van der Waals surface area contributed by atoms with E-state index < -0.39 is 0 Å². The maximum atomic E-state index is 4.37. The number of rotatable bonds is 7. The van der Waals surface area contributed by atoms with Crippen molar-refractivity contribution in [2.45, 2.75) is 46.8 Å². The van der Waals surface area contributed by atoms with Gasteiger partial charge in [0.2, 0.25) is 0 Å². The molecule has 1 aromatic carbocycles. The Morgan fingerprint density at radius 2 is 1.65 bits per heavy atom. The molecule has 0 radical (unpaired) electrons. The highest BCUT2D eigenvalue weighted by Gasteiger charge is 2.16. The molecule has 1 aromatic rings. The topological polar surface area (TPSA) is 42.9 Å². The van der Waals surface area contributed by atoms with Crippen molar-refractivity contribution in [1.82, 2.24) is 20.4 Å². The molecule has 2 N–H and O–H groups in total. The van der Waals surface area contributed by atoms with Crippen LogP contribution in [0.1, 0.15) is 38.8 Å². The minimum absolute atomic E-state index is 0.395. The molecule has 0 bridgehead atoms. The van der Waals surface area contributed by atoms with Crippen LogP contribution in [0.15, 0.2) is 29.3 Å². The molecule has 1 saturated heterocycles.